The second-order valence-corrected chi connectivity index (χ2v) is 9.20. The predicted molar refractivity (Wildman–Crippen MR) is 95.2 cm³/mol. The highest BCUT2D eigenvalue weighted by atomic mass is 32.2. The van der Waals surface area contributed by atoms with Crippen molar-refractivity contribution in [3.05, 3.63) is 35.9 Å². The Hall–Kier alpha value is -1.44. The van der Waals surface area contributed by atoms with Crippen LogP contribution in [0.5, 0.6) is 0 Å². The summed E-state index contributed by atoms with van der Waals surface area (Å²) in [5.74, 6) is -0.109. The average Bonchev–Trinajstić information content (AvgIpc) is 3.45. The van der Waals surface area contributed by atoms with Crippen molar-refractivity contribution in [1.29, 1.82) is 0 Å². The van der Waals surface area contributed by atoms with Crippen molar-refractivity contribution in [3.63, 3.8) is 0 Å². The standard InChI is InChI=1S/C18H26N2O4S/c1-25(23,24)20-11-9-14(10-12-20)17(21)19-13-18(22,16-7-8-16)15-5-3-2-4-6-15/h2-6,14,16,22H,7-13H2,1H3,(H,19,21). The number of nitrogens with one attached hydrogen (secondary N) is 1. The number of rotatable bonds is 6. The van der Waals surface area contributed by atoms with Gasteiger partial charge in [-0.1, -0.05) is 30.3 Å². The van der Waals surface area contributed by atoms with E-state index in [0.717, 1.165) is 18.4 Å². The highest BCUT2D eigenvalue weighted by Crippen LogP contribution is 2.45. The van der Waals surface area contributed by atoms with Crippen LogP contribution in [-0.2, 0) is 20.4 Å². The van der Waals surface area contributed by atoms with Gasteiger partial charge in [0.2, 0.25) is 15.9 Å². The van der Waals surface area contributed by atoms with E-state index in [9.17, 15) is 18.3 Å². The second-order valence-electron chi connectivity index (χ2n) is 7.22. The molecule has 25 heavy (non-hydrogen) atoms. The van der Waals surface area contributed by atoms with Crippen molar-refractivity contribution >= 4 is 15.9 Å². The molecule has 2 aliphatic rings. The first-order valence-corrected chi connectivity index (χ1v) is 10.7. The van der Waals surface area contributed by atoms with Gasteiger partial charge in [0.1, 0.15) is 5.60 Å². The first-order valence-electron chi connectivity index (χ1n) is 8.81. The molecule has 1 atom stereocenters. The summed E-state index contributed by atoms with van der Waals surface area (Å²) in [7, 11) is -3.19. The molecule has 0 spiro atoms. The number of carbonyl (C=O) groups is 1. The van der Waals surface area contributed by atoms with E-state index < -0.39 is 15.6 Å². The number of piperidine rings is 1. The molecule has 3 rings (SSSR count). The van der Waals surface area contributed by atoms with Crippen molar-refractivity contribution < 1.29 is 18.3 Å². The molecule has 1 aromatic carbocycles. The summed E-state index contributed by atoms with van der Waals surface area (Å²) in [6.45, 7) is 0.956. The first kappa shape index (κ1) is 18.4. The Balaban J connectivity index is 1.58. The molecular formula is C18H26N2O4S. The van der Waals surface area contributed by atoms with Gasteiger partial charge in [-0.2, -0.15) is 0 Å². The van der Waals surface area contributed by atoms with Crippen molar-refractivity contribution in [2.24, 2.45) is 11.8 Å². The van der Waals surface area contributed by atoms with Crippen LogP contribution in [-0.4, -0.2) is 49.6 Å². The monoisotopic (exact) mass is 366 g/mol. The number of nitrogens with zero attached hydrogens (tertiary/aromatic N) is 1. The van der Waals surface area contributed by atoms with E-state index in [1.165, 1.54) is 10.6 Å². The summed E-state index contributed by atoms with van der Waals surface area (Å²) in [5, 5.41) is 14.0. The zero-order valence-electron chi connectivity index (χ0n) is 14.5. The Kier molecular flexibility index (Phi) is 5.18. The molecule has 2 N–H and O–H groups in total. The van der Waals surface area contributed by atoms with Gasteiger partial charge >= 0.3 is 0 Å². The molecule has 1 aliphatic heterocycles. The Morgan fingerprint density at radius 3 is 2.32 bits per heavy atom. The van der Waals surface area contributed by atoms with E-state index in [-0.39, 0.29) is 24.3 Å². The summed E-state index contributed by atoms with van der Waals surface area (Å²) in [5.41, 5.74) is -0.186. The quantitative estimate of drug-likeness (QED) is 0.789. The van der Waals surface area contributed by atoms with Gasteiger partial charge in [0.05, 0.1) is 12.8 Å². The van der Waals surface area contributed by atoms with E-state index in [2.05, 4.69) is 5.32 Å². The fourth-order valence-electron chi connectivity index (χ4n) is 3.59. The molecule has 138 valence electrons. The molecule has 0 radical (unpaired) electrons. The maximum atomic E-state index is 12.5. The smallest absolute Gasteiger partial charge is 0.223 e. The number of aliphatic hydroxyl groups is 1. The number of hydrogen-bond acceptors (Lipinski definition) is 4. The summed E-state index contributed by atoms with van der Waals surface area (Å²) >= 11 is 0. The lowest BCUT2D eigenvalue weighted by atomic mass is 9.88. The largest absolute Gasteiger partial charge is 0.383 e. The molecule has 1 aromatic rings. The summed E-state index contributed by atoms with van der Waals surface area (Å²) in [6.07, 6.45) is 4.17. The summed E-state index contributed by atoms with van der Waals surface area (Å²) in [4.78, 5) is 12.5. The van der Waals surface area contributed by atoms with Gasteiger partial charge in [0, 0.05) is 19.0 Å². The Morgan fingerprint density at radius 1 is 1.20 bits per heavy atom. The van der Waals surface area contributed by atoms with Crippen LogP contribution in [0.3, 0.4) is 0 Å². The van der Waals surface area contributed by atoms with Crippen LogP contribution in [0.4, 0.5) is 0 Å². The van der Waals surface area contributed by atoms with Crippen molar-refractivity contribution in [2.45, 2.75) is 31.3 Å². The molecule has 1 saturated heterocycles. The highest BCUT2D eigenvalue weighted by molar-refractivity contribution is 7.88. The molecule has 1 amide bonds. The van der Waals surface area contributed by atoms with Crippen LogP contribution in [0.25, 0.3) is 0 Å². The third-order valence-electron chi connectivity index (χ3n) is 5.35. The van der Waals surface area contributed by atoms with Gasteiger partial charge in [0.25, 0.3) is 0 Å². The minimum absolute atomic E-state index is 0.0943. The normalized spacial score (nSPS) is 22.3. The third kappa shape index (κ3) is 4.22. The minimum atomic E-state index is -3.19. The third-order valence-corrected chi connectivity index (χ3v) is 6.66. The maximum Gasteiger partial charge on any atom is 0.223 e. The topological polar surface area (TPSA) is 86.7 Å². The van der Waals surface area contributed by atoms with E-state index >= 15 is 0 Å². The van der Waals surface area contributed by atoms with Crippen LogP contribution in [0.1, 0.15) is 31.2 Å². The molecule has 1 saturated carbocycles. The Morgan fingerprint density at radius 2 is 1.80 bits per heavy atom. The van der Waals surface area contributed by atoms with Crippen molar-refractivity contribution in [3.8, 4) is 0 Å². The minimum Gasteiger partial charge on any atom is -0.383 e. The SMILES string of the molecule is CS(=O)(=O)N1CCC(C(=O)NCC(O)(c2ccccc2)C2CC2)CC1. The number of benzene rings is 1. The lowest BCUT2D eigenvalue weighted by Crippen LogP contribution is -2.47. The molecule has 2 fully saturated rings. The van der Waals surface area contributed by atoms with Crippen LogP contribution in [0, 0.1) is 11.8 Å². The van der Waals surface area contributed by atoms with E-state index in [0.29, 0.717) is 25.9 Å². The lowest BCUT2D eigenvalue weighted by Gasteiger charge is -2.32. The van der Waals surface area contributed by atoms with Gasteiger partial charge in [-0.05, 0) is 37.2 Å². The van der Waals surface area contributed by atoms with E-state index in [1.807, 2.05) is 30.3 Å². The number of carbonyl (C=O) groups excluding carboxylic acids is 1. The fourth-order valence-corrected chi connectivity index (χ4v) is 4.46. The number of hydrogen-bond donors (Lipinski definition) is 2. The number of amides is 1. The first-order chi connectivity index (χ1) is 11.8. The molecule has 1 unspecified atom stereocenters. The van der Waals surface area contributed by atoms with E-state index in [4.69, 9.17) is 0 Å². The zero-order chi connectivity index (χ0) is 18.1. The van der Waals surface area contributed by atoms with Gasteiger partial charge in [0.15, 0.2) is 0 Å². The van der Waals surface area contributed by atoms with Gasteiger partial charge < -0.3 is 10.4 Å². The van der Waals surface area contributed by atoms with Crippen molar-refractivity contribution in [1.82, 2.24) is 9.62 Å². The van der Waals surface area contributed by atoms with E-state index in [1.54, 1.807) is 0 Å². The van der Waals surface area contributed by atoms with Crippen molar-refractivity contribution in [2.75, 3.05) is 25.9 Å². The van der Waals surface area contributed by atoms with Gasteiger partial charge in [-0.25, -0.2) is 12.7 Å². The molecule has 1 aliphatic carbocycles. The second kappa shape index (κ2) is 7.05. The molecule has 0 bridgehead atoms. The lowest BCUT2D eigenvalue weighted by molar-refractivity contribution is -0.127. The van der Waals surface area contributed by atoms with Gasteiger partial charge in [-0.15, -0.1) is 0 Å². The number of sulfonamides is 1. The van der Waals surface area contributed by atoms with Gasteiger partial charge in [-0.3, -0.25) is 4.79 Å². The Labute approximate surface area is 149 Å². The highest BCUT2D eigenvalue weighted by Gasteiger charge is 2.45. The summed E-state index contributed by atoms with van der Waals surface area (Å²) in [6, 6.07) is 9.49. The van der Waals surface area contributed by atoms with Crippen LogP contribution in [0.15, 0.2) is 30.3 Å². The average molecular weight is 366 g/mol. The molecule has 1 heterocycles. The molecular weight excluding hydrogens is 340 g/mol. The predicted octanol–water partition coefficient (Wildman–Crippen LogP) is 1.07. The summed E-state index contributed by atoms with van der Waals surface area (Å²) < 4.78 is 24.5. The molecule has 7 heteroatoms. The zero-order valence-corrected chi connectivity index (χ0v) is 15.3. The maximum absolute atomic E-state index is 12.5. The Bertz CT molecular complexity index is 710. The van der Waals surface area contributed by atoms with Crippen LogP contribution < -0.4 is 5.32 Å². The molecule has 6 nitrogen and oxygen atoms in total. The fraction of sp³-hybridized carbons (Fsp3) is 0.611. The van der Waals surface area contributed by atoms with Crippen LogP contribution >= 0.6 is 0 Å². The van der Waals surface area contributed by atoms with Crippen LogP contribution in [0.2, 0.25) is 0 Å². The molecule has 0 aromatic heterocycles.